The molecule has 1 atom stereocenters. The number of aliphatic carboxylic acids is 1. The Morgan fingerprint density at radius 1 is 1.20 bits per heavy atom. The van der Waals surface area contributed by atoms with Crippen molar-refractivity contribution in [2.45, 2.75) is 37.6 Å². The Hall–Kier alpha value is -2.38. The molecule has 1 amide bonds. The molecule has 2 N–H and O–H groups in total. The normalized spacial score (nSPS) is 25.4. The van der Waals surface area contributed by atoms with Gasteiger partial charge in [-0.15, -0.1) is 5.10 Å². The van der Waals surface area contributed by atoms with Crippen molar-refractivity contribution < 1.29 is 14.7 Å². The molecule has 1 spiro atoms. The minimum Gasteiger partial charge on any atom is -0.481 e. The first kappa shape index (κ1) is 16.1. The summed E-state index contributed by atoms with van der Waals surface area (Å²) in [6, 6.07) is 2.07. The van der Waals surface area contributed by atoms with Gasteiger partial charge in [-0.25, -0.2) is 0 Å². The maximum atomic E-state index is 11.8. The van der Waals surface area contributed by atoms with Crippen molar-refractivity contribution in [1.82, 2.24) is 15.5 Å². The summed E-state index contributed by atoms with van der Waals surface area (Å²) in [6.45, 7) is 3.45. The summed E-state index contributed by atoms with van der Waals surface area (Å²) in [5.74, 6) is -0.848. The fourth-order valence-corrected chi connectivity index (χ4v) is 4.38. The summed E-state index contributed by atoms with van der Waals surface area (Å²) in [7, 11) is 0. The lowest BCUT2D eigenvalue weighted by Gasteiger charge is -2.41. The standard InChI is InChI=1S/C17H23N5O3/c23-15-10-13(16(24)25)17(19-15)3-7-22(8-4-17)14-9-12(11-18-20-14)21-5-1-2-6-21/h9,11,13H,1-8,10H2,(H,19,23)(H,24,25)/t13-/m0/s1. The van der Waals surface area contributed by atoms with E-state index in [4.69, 9.17) is 0 Å². The number of hydrogen-bond donors (Lipinski definition) is 2. The SMILES string of the molecule is O=C1C[C@@H](C(=O)O)C2(CCN(c3cc(N4CCCC4)cnn3)CC2)N1. The summed E-state index contributed by atoms with van der Waals surface area (Å²) in [4.78, 5) is 27.7. The van der Waals surface area contributed by atoms with Crippen molar-refractivity contribution in [3.8, 4) is 0 Å². The molecular weight excluding hydrogens is 322 g/mol. The van der Waals surface area contributed by atoms with Gasteiger partial charge in [-0.05, 0) is 25.7 Å². The van der Waals surface area contributed by atoms with Gasteiger partial charge < -0.3 is 20.2 Å². The number of piperidine rings is 1. The minimum absolute atomic E-state index is 0.0829. The molecule has 0 saturated carbocycles. The Labute approximate surface area is 146 Å². The van der Waals surface area contributed by atoms with Gasteiger partial charge in [0.25, 0.3) is 0 Å². The van der Waals surface area contributed by atoms with Crippen LogP contribution in [0.2, 0.25) is 0 Å². The second kappa shape index (κ2) is 6.16. The van der Waals surface area contributed by atoms with Gasteiger partial charge in [-0.2, -0.15) is 5.10 Å². The third-order valence-corrected chi connectivity index (χ3v) is 5.82. The smallest absolute Gasteiger partial charge is 0.309 e. The van der Waals surface area contributed by atoms with Gasteiger partial charge in [-0.1, -0.05) is 0 Å². The summed E-state index contributed by atoms with van der Waals surface area (Å²) in [5, 5.41) is 20.8. The van der Waals surface area contributed by atoms with Gasteiger partial charge in [0.1, 0.15) is 0 Å². The Balaban J connectivity index is 1.48. The quantitative estimate of drug-likeness (QED) is 0.829. The summed E-state index contributed by atoms with van der Waals surface area (Å²) < 4.78 is 0. The zero-order valence-corrected chi connectivity index (χ0v) is 14.1. The lowest BCUT2D eigenvalue weighted by atomic mass is 9.78. The summed E-state index contributed by atoms with van der Waals surface area (Å²) >= 11 is 0. The Morgan fingerprint density at radius 2 is 1.92 bits per heavy atom. The summed E-state index contributed by atoms with van der Waals surface area (Å²) in [6.07, 6.45) is 5.54. The van der Waals surface area contributed by atoms with Crippen molar-refractivity contribution in [3.63, 3.8) is 0 Å². The number of aromatic nitrogens is 2. The van der Waals surface area contributed by atoms with Crippen LogP contribution in [0.15, 0.2) is 12.3 Å². The second-order valence-electron chi connectivity index (χ2n) is 7.25. The van der Waals surface area contributed by atoms with E-state index < -0.39 is 17.4 Å². The predicted molar refractivity (Wildman–Crippen MR) is 91.5 cm³/mol. The Morgan fingerprint density at radius 3 is 2.60 bits per heavy atom. The van der Waals surface area contributed by atoms with Crippen LogP contribution >= 0.6 is 0 Å². The fraction of sp³-hybridized carbons (Fsp3) is 0.647. The van der Waals surface area contributed by atoms with Crippen LogP contribution in [-0.4, -0.2) is 58.9 Å². The highest BCUT2D eigenvalue weighted by Gasteiger charge is 2.51. The molecule has 3 fully saturated rings. The molecule has 134 valence electrons. The van der Waals surface area contributed by atoms with Crippen molar-refractivity contribution >= 4 is 23.4 Å². The van der Waals surface area contributed by atoms with E-state index in [1.165, 1.54) is 12.8 Å². The van der Waals surface area contributed by atoms with E-state index in [9.17, 15) is 14.7 Å². The van der Waals surface area contributed by atoms with Gasteiger partial charge in [0.05, 0.1) is 23.3 Å². The molecule has 3 saturated heterocycles. The van der Waals surface area contributed by atoms with E-state index in [1.807, 2.05) is 0 Å². The van der Waals surface area contributed by atoms with Crippen LogP contribution in [0.25, 0.3) is 0 Å². The molecule has 4 heterocycles. The first-order valence-electron chi connectivity index (χ1n) is 8.94. The number of nitrogens with one attached hydrogen (secondary N) is 1. The second-order valence-corrected chi connectivity index (χ2v) is 7.25. The Bertz CT molecular complexity index is 681. The molecule has 8 nitrogen and oxygen atoms in total. The zero-order valence-electron chi connectivity index (χ0n) is 14.1. The van der Waals surface area contributed by atoms with Crippen LogP contribution in [0.3, 0.4) is 0 Å². The van der Waals surface area contributed by atoms with E-state index in [2.05, 4.69) is 31.4 Å². The predicted octanol–water partition coefficient (Wildman–Crippen LogP) is 0.637. The number of amides is 1. The van der Waals surface area contributed by atoms with Crippen LogP contribution in [0.1, 0.15) is 32.1 Å². The van der Waals surface area contributed by atoms with Crippen LogP contribution < -0.4 is 15.1 Å². The fourth-order valence-electron chi connectivity index (χ4n) is 4.38. The van der Waals surface area contributed by atoms with E-state index in [1.54, 1.807) is 6.20 Å². The molecule has 4 rings (SSSR count). The van der Waals surface area contributed by atoms with Gasteiger partial charge >= 0.3 is 5.97 Å². The number of rotatable bonds is 3. The Kier molecular flexibility index (Phi) is 3.97. The molecule has 3 aliphatic heterocycles. The van der Waals surface area contributed by atoms with Gasteiger partial charge in [0.2, 0.25) is 5.91 Å². The first-order valence-corrected chi connectivity index (χ1v) is 8.94. The topological polar surface area (TPSA) is 98.7 Å². The number of hydrogen-bond acceptors (Lipinski definition) is 6. The lowest BCUT2D eigenvalue weighted by molar-refractivity contribution is -0.144. The lowest BCUT2D eigenvalue weighted by Crippen LogP contribution is -2.55. The molecule has 1 aromatic rings. The number of nitrogens with zero attached hydrogens (tertiary/aromatic N) is 4. The van der Waals surface area contributed by atoms with Gasteiger partial charge in [0, 0.05) is 38.7 Å². The molecule has 0 aliphatic carbocycles. The molecule has 1 aromatic heterocycles. The third-order valence-electron chi connectivity index (χ3n) is 5.82. The molecule has 0 bridgehead atoms. The molecule has 0 unspecified atom stereocenters. The zero-order chi connectivity index (χ0) is 17.4. The van der Waals surface area contributed by atoms with Crippen molar-refractivity contribution in [3.05, 3.63) is 12.3 Å². The largest absolute Gasteiger partial charge is 0.481 e. The number of carboxylic acid groups (broad SMARTS) is 1. The van der Waals surface area contributed by atoms with Crippen LogP contribution in [0.4, 0.5) is 11.5 Å². The number of carbonyl (C=O) groups excluding carboxylic acids is 1. The summed E-state index contributed by atoms with van der Waals surface area (Å²) in [5.41, 5.74) is 0.486. The molecule has 0 aromatic carbocycles. The number of anilines is 2. The monoisotopic (exact) mass is 345 g/mol. The molecule has 25 heavy (non-hydrogen) atoms. The highest BCUT2D eigenvalue weighted by atomic mass is 16.4. The highest BCUT2D eigenvalue weighted by Crippen LogP contribution is 2.38. The van der Waals surface area contributed by atoms with Crippen LogP contribution in [-0.2, 0) is 9.59 Å². The maximum absolute atomic E-state index is 11.8. The average Bonchev–Trinajstić information content (AvgIpc) is 3.24. The maximum Gasteiger partial charge on any atom is 0.309 e. The van der Waals surface area contributed by atoms with Gasteiger partial charge in [0.15, 0.2) is 5.82 Å². The third kappa shape index (κ3) is 2.89. The molecule has 0 radical (unpaired) electrons. The first-order chi connectivity index (χ1) is 12.1. The molecule has 3 aliphatic rings. The van der Waals surface area contributed by atoms with Crippen molar-refractivity contribution in [2.75, 3.05) is 36.0 Å². The highest BCUT2D eigenvalue weighted by molar-refractivity contribution is 5.88. The molecular formula is C17H23N5O3. The van der Waals surface area contributed by atoms with Crippen molar-refractivity contribution in [1.29, 1.82) is 0 Å². The van der Waals surface area contributed by atoms with E-state index >= 15 is 0 Å². The minimum atomic E-state index is -0.886. The van der Waals surface area contributed by atoms with E-state index in [-0.39, 0.29) is 12.3 Å². The number of carbonyl (C=O) groups is 2. The van der Waals surface area contributed by atoms with Crippen molar-refractivity contribution in [2.24, 2.45) is 5.92 Å². The van der Waals surface area contributed by atoms with Crippen LogP contribution in [0, 0.1) is 5.92 Å². The average molecular weight is 345 g/mol. The van der Waals surface area contributed by atoms with Gasteiger partial charge in [-0.3, -0.25) is 9.59 Å². The molecule has 8 heteroatoms. The van der Waals surface area contributed by atoms with E-state index in [0.29, 0.717) is 25.9 Å². The van der Waals surface area contributed by atoms with E-state index in [0.717, 1.165) is 24.6 Å². The number of carboxylic acids is 1. The van der Waals surface area contributed by atoms with Crippen LogP contribution in [0.5, 0.6) is 0 Å².